The molecule has 2 aliphatic heterocycles. The van der Waals surface area contributed by atoms with Crippen molar-refractivity contribution < 1.29 is 9.46 Å². The molecule has 0 spiro atoms. The molecule has 0 bridgehead atoms. The fourth-order valence-electron chi connectivity index (χ4n) is 5.02. The lowest BCUT2D eigenvalue weighted by Gasteiger charge is -2.34. The number of hydrogen-bond acceptors (Lipinski definition) is 2. The van der Waals surface area contributed by atoms with Crippen molar-refractivity contribution in [1.82, 2.24) is 0 Å². The first-order valence-corrected chi connectivity index (χ1v) is 12.6. The molecule has 2 heterocycles. The van der Waals surface area contributed by atoms with Gasteiger partial charge in [0, 0.05) is 24.9 Å². The Morgan fingerprint density at radius 3 is 2.27 bits per heavy atom. The fourth-order valence-corrected chi connectivity index (χ4v) is 7.68. The van der Waals surface area contributed by atoms with E-state index < -0.39 is 7.44 Å². The van der Waals surface area contributed by atoms with Crippen molar-refractivity contribution in [3.05, 3.63) is 71.7 Å². The molecule has 2 aromatic carbocycles. The zero-order valence-corrected chi connectivity index (χ0v) is 18.7. The molecule has 0 amide bonds. The number of hydrazone groups is 1. The van der Waals surface area contributed by atoms with Gasteiger partial charge in [-0.05, 0) is 36.1 Å². The molecule has 1 saturated heterocycles. The van der Waals surface area contributed by atoms with Crippen LogP contribution in [-0.4, -0.2) is 18.8 Å². The number of anilines is 2. The van der Waals surface area contributed by atoms with Crippen LogP contribution in [0.3, 0.4) is 0 Å². The van der Waals surface area contributed by atoms with E-state index in [9.17, 15) is 4.57 Å². The number of benzene rings is 2. The standard InChI is InChI=1S/C24H29N4OP/c1-24(2)17-21-23(22(18-24)27-15-9-10-16-27)30(29,26-19-11-5-3-6-12-19)28(25-21)20-13-7-4-8-14-20/h3-8,11-14H,9-10,15-18H2,1-2H3,(H,26,29)/p+1/t30-/m0/s1. The first-order chi connectivity index (χ1) is 14.5. The topological polar surface area (TPSA) is 49.1 Å². The molecule has 5 rings (SSSR count). The lowest BCUT2D eigenvalue weighted by atomic mass is 9.78. The summed E-state index contributed by atoms with van der Waals surface area (Å²) in [7, 11) is -3.18. The van der Waals surface area contributed by atoms with E-state index in [1.165, 1.54) is 23.4 Å². The second-order valence-electron chi connectivity index (χ2n) is 9.38. The summed E-state index contributed by atoms with van der Waals surface area (Å²) >= 11 is 0. The van der Waals surface area contributed by atoms with Crippen LogP contribution in [0.4, 0.5) is 11.4 Å². The predicted molar refractivity (Wildman–Crippen MR) is 124 cm³/mol. The Hall–Kier alpha value is -2.36. The highest BCUT2D eigenvalue weighted by Gasteiger charge is 2.52. The maximum Gasteiger partial charge on any atom is 0.317 e. The van der Waals surface area contributed by atoms with Gasteiger partial charge in [-0.25, -0.2) is 0 Å². The molecule has 156 valence electrons. The van der Waals surface area contributed by atoms with Crippen molar-refractivity contribution in [3.63, 3.8) is 0 Å². The molecule has 3 aliphatic rings. The van der Waals surface area contributed by atoms with Crippen molar-refractivity contribution >= 4 is 24.5 Å². The van der Waals surface area contributed by atoms with E-state index in [0.29, 0.717) is 0 Å². The Balaban J connectivity index is 1.69. The second kappa shape index (κ2) is 7.40. The zero-order valence-electron chi connectivity index (χ0n) is 17.8. The average molecular weight is 422 g/mol. The SMILES string of the molecule is CC1(C)CC2=NN(c3ccccc3)[P@@](=O)(Nc3ccccc3)C2=C([NH+]2CCCC2)C1. The van der Waals surface area contributed by atoms with Gasteiger partial charge in [0.25, 0.3) is 0 Å². The number of quaternary nitrogens is 1. The number of likely N-dealkylation sites (tertiary alicyclic amines) is 1. The van der Waals surface area contributed by atoms with Crippen molar-refractivity contribution in [3.8, 4) is 0 Å². The minimum absolute atomic E-state index is 0.123. The minimum Gasteiger partial charge on any atom is -0.315 e. The fraction of sp³-hybridized carbons (Fsp3) is 0.375. The van der Waals surface area contributed by atoms with Gasteiger partial charge < -0.3 is 9.99 Å². The molecule has 5 nitrogen and oxygen atoms in total. The number of hydrogen-bond donors (Lipinski definition) is 2. The second-order valence-corrected chi connectivity index (χ2v) is 11.6. The average Bonchev–Trinajstić information content (AvgIpc) is 3.35. The summed E-state index contributed by atoms with van der Waals surface area (Å²) in [6.45, 7) is 6.86. The Labute approximate surface area is 178 Å². The van der Waals surface area contributed by atoms with E-state index in [2.05, 4.69) is 18.9 Å². The molecular formula is C24H30N4OP+. The highest BCUT2D eigenvalue weighted by atomic mass is 31.2. The minimum atomic E-state index is -3.18. The first-order valence-electron chi connectivity index (χ1n) is 10.9. The van der Waals surface area contributed by atoms with Crippen LogP contribution in [0, 0.1) is 5.41 Å². The van der Waals surface area contributed by atoms with E-state index in [1.807, 2.05) is 60.7 Å². The third-order valence-electron chi connectivity index (χ3n) is 6.32. The molecule has 0 unspecified atom stereocenters. The number of fused-ring (bicyclic) bond motifs is 1. The zero-order chi connectivity index (χ0) is 20.8. The van der Waals surface area contributed by atoms with Crippen molar-refractivity contribution in [2.45, 2.75) is 39.5 Å². The van der Waals surface area contributed by atoms with Crippen molar-refractivity contribution in [2.75, 3.05) is 23.0 Å². The van der Waals surface area contributed by atoms with Gasteiger partial charge in [0.1, 0.15) is 11.0 Å². The number of nitrogens with zero attached hydrogens (tertiary/aromatic N) is 2. The highest BCUT2D eigenvalue weighted by molar-refractivity contribution is 7.73. The van der Waals surface area contributed by atoms with Gasteiger partial charge in [-0.1, -0.05) is 50.2 Å². The molecule has 30 heavy (non-hydrogen) atoms. The molecule has 0 aromatic heterocycles. The Morgan fingerprint density at radius 1 is 0.967 bits per heavy atom. The monoisotopic (exact) mass is 421 g/mol. The normalized spacial score (nSPS) is 25.9. The third-order valence-corrected chi connectivity index (χ3v) is 8.87. The number of para-hydroxylation sites is 2. The molecule has 2 N–H and O–H groups in total. The molecule has 0 radical (unpaired) electrons. The number of nitrogens with one attached hydrogen (secondary N) is 2. The quantitative estimate of drug-likeness (QED) is 0.692. The van der Waals surface area contributed by atoms with Crippen LogP contribution in [0.25, 0.3) is 0 Å². The predicted octanol–water partition coefficient (Wildman–Crippen LogP) is 4.88. The molecular weight excluding hydrogens is 391 g/mol. The van der Waals surface area contributed by atoms with Gasteiger partial charge in [0.05, 0.1) is 24.5 Å². The molecule has 0 saturated carbocycles. The van der Waals surface area contributed by atoms with Crippen LogP contribution >= 0.6 is 7.44 Å². The van der Waals surface area contributed by atoms with Gasteiger partial charge in [-0.15, -0.1) is 0 Å². The van der Waals surface area contributed by atoms with E-state index in [4.69, 9.17) is 5.10 Å². The van der Waals surface area contributed by atoms with E-state index in [-0.39, 0.29) is 5.41 Å². The van der Waals surface area contributed by atoms with Crippen LogP contribution < -0.4 is 14.8 Å². The van der Waals surface area contributed by atoms with Crippen LogP contribution in [0.15, 0.2) is 76.8 Å². The summed E-state index contributed by atoms with van der Waals surface area (Å²) in [6.07, 6.45) is 4.29. The van der Waals surface area contributed by atoms with Crippen molar-refractivity contribution in [2.24, 2.45) is 10.5 Å². The molecule has 2 aromatic rings. The summed E-state index contributed by atoms with van der Waals surface area (Å²) in [6, 6.07) is 19.8. The Kier molecular flexibility index (Phi) is 4.83. The van der Waals surface area contributed by atoms with Gasteiger partial charge in [0.15, 0.2) is 0 Å². The Morgan fingerprint density at radius 2 is 1.60 bits per heavy atom. The summed E-state index contributed by atoms with van der Waals surface area (Å²) in [5, 5.41) is 9.42. The maximum absolute atomic E-state index is 14.9. The van der Waals surface area contributed by atoms with Crippen LogP contribution in [0.5, 0.6) is 0 Å². The highest BCUT2D eigenvalue weighted by Crippen LogP contribution is 2.65. The van der Waals surface area contributed by atoms with Crippen LogP contribution in [0.2, 0.25) is 0 Å². The lowest BCUT2D eigenvalue weighted by Crippen LogP contribution is -3.08. The maximum atomic E-state index is 14.9. The van der Waals surface area contributed by atoms with Gasteiger partial charge >= 0.3 is 7.44 Å². The number of allylic oxidation sites excluding steroid dienone is 2. The van der Waals surface area contributed by atoms with Gasteiger partial charge in [-0.3, -0.25) is 4.57 Å². The third kappa shape index (κ3) is 3.40. The Bertz CT molecular complexity index is 1040. The van der Waals surface area contributed by atoms with Crippen LogP contribution in [0.1, 0.15) is 39.5 Å². The van der Waals surface area contributed by atoms with E-state index >= 15 is 0 Å². The first kappa shape index (κ1) is 19.6. The van der Waals surface area contributed by atoms with E-state index in [1.54, 1.807) is 4.78 Å². The molecule has 1 atom stereocenters. The van der Waals surface area contributed by atoms with Crippen LogP contribution in [-0.2, 0) is 4.57 Å². The molecule has 1 aliphatic carbocycles. The summed E-state index contributed by atoms with van der Waals surface area (Å²) in [5.74, 6) is 0. The molecule has 1 fully saturated rings. The lowest BCUT2D eigenvalue weighted by molar-refractivity contribution is -0.849. The number of rotatable bonds is 4. The van der Waals surface area contributed by atoms with E-state index in [0.717, 1.165) is 48.3 Å². The molecule has 6 heteroatoms. The van der Waals surface area contributed by atoms with Crippen molar-refractivity contribution in [1.29, 1.82) is 0 Å². The van der Waals surface area contributed by atoms with Gasteiger partial charge in [0.2, 0.25) is 0 Å². The van der Waals surface area contributed by atoms with Gasteiger partial charge in [-0.2, -0.15) is 9.88 Å². The smallest absolute Gasteiger partial charge is 0.315 e. The summed E-state index contributed by atoms with van der Waals surface area (Å²) in [5.41, 5.74) is 4.17. The summed E-state index contributed by atoms with van der Waals surface area (Å²) < 4.78 is 16.7. The largest absolute Gasteiger partial charge is 0.317 e. The summed E-state index contributed by atoms with van der Waals surface area (Å²) in [4.78, 5) is 1.50.